The van der Waals surface area contributed by atoms with Crippen molar-refractivity contribution in [3.8, 4) is 11.3 Å². The lowest BCUT2D eigenvalue weighted by molar-refractivity contribution is 0.749. The largest absolute Gasteiger partial charge is 0.367 e. The van der Waals surface area contributed by atoms with Crippen LogP contribution in [0.25, 0.3) is 16.9 Å². The average Bonchev–Trinajstić information content (AvgIpc) is 3.17. The average molecular weight is 356 g/mol. The molecular formula is C18H18BrN3. The molecule has 0 spiro atoms. The molecule has 1 aliphatic carbocycles. The van der Waals surface area contributed by atoms with Crippen molar-refractivity contribution in [2.24, 2.45) is 0 Å². The van der Waals surface area contributed by atoms with Gasteiger partial charge in [-0.2, -0.15) is 0 Å². The second-order valence-electron chi connectivity index (χ2n) is 5.87. The van der Waals surface area contributed by atoms with E-state index >= 15 is 0 Å². The molecule has 0 aliphatic heterocycles. The minimum absolute atomic E-state index is 0.564. The van der Waals surface area contributed by atoms with Crippen LogP contribution >= 0.6 is 15.9 Å². The first-order valence-corrected chi connectivity index (χ1v) is 8.60. The Hall–Kier alpha value is -1.81. The van der Waals surface area contributed by atoms with Crippen molar-refractivity contribution in [1.29, 1.82) is 0 Å². The van der Waals surface area contributed by atoms with E-state index in [0.717, 1.165) is 27.2 Å². The van der Waals surface area contributed by atoms with Gasteiger partial charge in [0, 0.05) is 22.3 Å². The number of halogens is 1. The topological polar surface area (TPSA) is 29.3 Å². The van der Waals surface area contributed by atoms with E-state index in [-0.39, 0.29) is 0 Å². The van der Waals surface area contributed by atoms with Crippen molar-refractivity contribution in [3.63, 3.8) is 0 Å². The number of aromatic nitrogens is 2. The third-order valence-corrected chi connectivity index (χ3v) is 4.87. The van der Waals surface area contributed by atoms with Crippen molar-refractivity contribution in [2.45, 2.75) is 31.7 Å². The van der Waals surface area contributed by atoms with Gasteiger partial charge in [0.1, 0.15) is 17.2 Å². The summed E-state index contributed by atoms with van der Waals surface area (Å²) >= 11 is 3.50. The van der Waals surface area contributed by atoms with Crippen LogP contribution in [0.1, 0.15) is 25.7 Å². The third kappa shape index (κ3) is 2.52. The van der Waals surface area contributed by atoms with Crippen LogP contribution in [0.2, 0.25) is 0 Å². The van der Waals surface area contributed by atoms with Gasteiger partial charge in [-0.3, -0.25) is 4.40 Å². The lowest BCUT2D eigenvalue weighted by Crippen LogP contribution is -2.16. The predicted molar refractivity (Wildman–Crippen MR) is 94.2 cm³/mol. The molecule has 0 unspecified atom stereocenters. The van der Waals surface area contributed by atoms with Crippen molar-refractivity contribution >= 4 is 27.4 Å². The Labute approximate surface area is 138 Å². The second kappa shape index (κ2) is 5.76. The Morgan fingerprint density at radius 2 is 1.82 bits per heavy atom. The zero-order valence-electron chi connectivity index (χ0n) is 12.3. The molecule has 3 aromatic rings. The number of anilines is 1. The number of rotatable bonds is 3. The zero-order chi connectivity index (χ0) is 14.9. The van der Waals surface area contributed by atoms with Crippen LogP contribution in [0.3, 0.4) is 0 Å². The van der Waals surface area contributed by atoms with Gasteiger partial charge >= 0.3 is 0 Å². The van der Waals surface area contributed by atoms with Gasteiger partial charge in [0.15, 0.2) is 0 Å². The van der Waals surface area contributed by atoms with E-state index in [1.54, 1.807) is 0 Å². The smallest absolute Gasteiger partial charge is 0.139 e. The van der Waals surface area contributed by atoms with E-state index in [2.05, 4.69) is 68.2 Å². The van der Waals surface area contributed by atoms with Gasteiger partial charge < -0.3 is 5.32 Å². The highest BCUT2D eigenvalue weighted by Gasteiger charge is 2.20. The van der Waals surface area contributed by atoms with Gasteiger partial charge in [0.05, 0.1) is 0 Å². The van der Waals surface area contributed by atoms with Gasteiger partial charge in [-0.25, -0.2) is 4.98 Å². The maximum absolute atomic E-state index is 4.84. The number of hydrogen-bond donors (Lipinski definition) is 1. The number of fused-ring (bicyclic) bond motifs is 1. The van der Waals surface area contributed by atoms with Crippen LogP contribution < -0.4 is 5.32 Å². The minimum atomic E-state index is 0.564. The Morgan fingerprint density at radius 1 is 1.05 bits per heavy atom. The molecule has 1 saturated carbocycles. The molecule has 0 radical (unpaired) electrons. The minimum Gasteiger partial charge on any atom is -0.367 e. The number of hydrogen-bond acceptors (Lipinski definition) is 2. The molecule has 0 atom stereocenters. The summed E-state index contributed by atoms with van der Waals surface area (Å²) < 4.78 is 3.25. The Balaban J connectivity index is 1.83. The molecular weight excluding hydrogens is 338 g/mol. The van der Waals surface area contributed by atoms with Crippen molar-refractivity contribution in [3.05, 3.63) is 53.1 Å². The summed E-state index contributed by atoms with van der Waals surface area (Å²) in [6.45, 7) is 0. The quantitative estimate of drug-likeness (QED) is 0.706. The Kier molecular flexibility index (Phi) is 3.62. The van der Waals surface area contributed by atoms with E-state index in [1.807, 2.05) is 6.07 Å². The van der Waals surface area contributed by atoms with E-state index in [9.17, 15) is 0 Å². The fourth-order valence-electron chi connectivity index (χ4n) is 3.21. The third-order valence-electron chi connectivity index (χ3n) is 4.34. The molecule has 4 heteroatoms. The number of pyridine rings is 1. The summed E-state index contributed by atoms with van der Waals surface area (Å²) in [7, 11) is 0. The summed E-state index contributed by atoms with van der Waals surface area (Å²) in [6.07, 6.45) is 7.23. The van der Waals surface area contributed by atoms with Crippen LogP contribution in [-0.2, 0) is 0 Å². The second-order valence-corrected chi connectivity index (χ2v) is 6.79. The first kappa shape index (κ1) is 13.8. The van der Waals surface area contributed by atoms with E-state index in [0.29, 0.717) is 6.04 Å². The van der Waals surface area contributed by atoms with Gasteiger partial charge in [-0.15, -0.1) is 0 Å². The molecule has 1 fully saturated rings. The Bertz CT molecular complexity index is 786. The van der Waals surface area contributed by atoms with Gasteiger partial charge in [-0.05, 0) is 37.1 Å². The first-order valence-electron chi connectivity index (χ1n) is 7.81. The SMILES string of the molecule is Brc1ccc(-c2nc3ccccn3c2NC2CCCC2)cc1. The first-order chi connectivity index (χ1) is 10.8. The summed E-state index contributed by atoms with van der Waals surface area (Å²) in [5, 5.41) is 3.73. The van der Waals surface area contributed by atoms with E-state index < -0.39 is 0 Å². The van der Waals surface area contributed by atoms with Gasteiger partial charge in [0.25, 0.3) is 0 Å². The molecule has 3 nitrogen and oxygen atoms in total. The molecule has 2 aromatic heterocycles. The highest BCUT2D eigenvalue weighted by molar-refractivity contribution is 9.10. The van der Waals surface area contributed by atoms with Crippen LogP contribution in [0.5, 0.6) is 0 Å². The lowest BCUT2D eigenvalue weighted by Gasteiger charge is -2.14. The predicted octanol–water partition coefficient (Wildman–Crippen LogP) is 5.12. The molecule has 0 bridgehead atoms. The van der Waals surface area contributed by atoms with Gasteiger partial charge in [-0.1, -0.05) is 47.0 Å². The summed E-state index contributed by atoms with van der Waals surface area (Å²) in [6, 6.07) is 15.1. The fourth-order valence-corrected chi connectivity index (χ4v) is 3.47. The van der Waals surface area contributed by atoms with Crippen molar-refractivity contribution in [1.82, 2.24) is 9.38 Å². The number of imidazole rings is 1. The standard InChI is InChI=1S/C18H18BrN3/c19-14-10-8-13(9-11-14)17-18(20-15-5-1-2-6-15)22-12-4-3-7-16(22)21-17/h3-4,7-12,15,20H,1-2,5-6H2. The summed E-state index contributed by atoms with van der Waals surface area (Å²) in [4.78, 5) is 4.84. The molecule has 112 valence electrons. The normalized spacial score (nSPS) is 15.5. The molecule has 1 aromatic carbocycles. The van der Waals surface area contributed by atoms with Gasteiger partial charge in [0.2, 0.25) is 0 Å². The lowest BCUT2D eigenvalue weighted by atomic mass is 10.1. The monoisotopic (exact) mass is 355 g/mol. The van der Waals surface area contributed by atoms with Crippen LogP contribution in [-0.4, -0.2) is 15.4 Å². The molecule has 2 heterocycles. The maximum Gasteiger partial charge on any atom is 0.139 e. The number of nitrogens with one attached hydrogen (secondary N) is 1. The van der Waals surface area contributed by atoms with Crippen LogP contribution in [0.4, 0.5) is 5.82 Å². The van der Waals surface area contributed by atoms with Crippen LogP contribution in [0, 0.1) is 0 Å². The molecule has 0 saturated heterocycles. The van der Waals surface area contributed by atoms with Crippen molar-refractivity contribution < 1.29 is 0 Å². The number of benzene rings is 1. The molecule has 4 rings (SSSR count). The van der Waals surface area contributed by atoms with E-state index in [1.165, 1.54) is 25.7 Å². The highest BCUT2D eigenvalue weighted by Crippen LogP contribution is 2.32. The molecule has 1 aliphatic rings. The number of nitrogens with zero attached hydrogens (tertiary/aromatic N) is 2. The fraction of sp³-hybridized carbons (Fsp3) is 0.278. The maximum atomic E-state index is 4.84. The molecule has 0 amide bonds. The summed E-state index contributed by atoms with van der Waals surface area (Å²) in [5.74, 6) is 1.12. The zero-order valence-corrected chi connectivity index (χ0v) is 13.9. The highest BCUT2D eigenvalue weighted by atomic mass is 79.9. The molecule has 1 N–H and O–H groups in total. The summed E-state index contributed by atoms with van der Waals surface area (Å²) in [5.41, 5.74) is 3.17. The van der Waals surface area contributed by atoms with E-state index in [4.69, 9.17) is 4.98 Å². The van der Waals surface area contributed by atoms with Crippen LogP contribution in [0.15, 0.2) is 53.1 Å². The molecule has 22 heavy (non-hydrogen) atoms. The van der Waals surface area contributed by atoms with Crippen molar-refractivity contribution in [2.75, 3.05) is 5.32 Å². The Morgan fingerprint density at radius 3 is 2.59 bits per heavy atom.